The van der Waals surface area contributed by atoms with E-state index >= 15 is 0 Å². The molecule has 19 heavy (non-hydrogen) atoms. The first-order valence-corrected chi connectivity index (χ1v) is 6.36. The predicted molar refractivity (Wildman–Crippen MR) is 75.5 cm³/mol. The van der Waals surface area contributed by atoms with Crippen molar-refractivity contribution in [3.63, 3.8) is 0 Å². The summed E-state index contributed by atoms with van der Waals surface area (Å²) >= 11 is 0. The number of nitrogens with zero attached hydrogens (tertiary/aromatic N) is 1. The van der Waals surface area contributed by atoms with E-state index in [1.165, 1.54) is 0 Å². The number of hydrogen-bond acceptors (Lipinski definition) is 3. The van der Waals surface area contributed by atoms with Gasteiger partial charge in [-0.05, 0) is 31.9 Å². The number of rotatable bonds is 3. The van der Waals surface area contributed by atoms with Gasteiger partial charge in [0.05, 0.1) is 12.3 Å². The second-order valence-electron chi connectivity index (χ2n) is 4.86. The molecule has 0 unspecified atom stereocenters. The molecule has 0 fully saturated rings. The SMILES string of the molecule is CC1=NO[C@H](CNC(=O)Nc2c(C)cccc2C)C1. The van der Waals surface area contributed by atoms with Crippen molar-refractivity contribution < 1.29 is 9.63 Å². The largest absolute Gasteiger partial charge is 0.390 e. The van der Waals surface area contributed by atoms with Gasteiger partial charge in [-0.15, -0.1) is 0 Å². The number of benzene rings is 1. The summed E-state index contributed by atoms with van der Waals surface area (Å²) in [7, 11) is 0. The Morgan fingerprint density at radius 2 is 2.05 bits per heavy atom. The highest BCUT2D eigenvalue weighted by molar-refractivity contribution is 5.91. The number of oxime groups is 1. The highest BCUT2D eigenvalue weighted by Gasteiger charge is 2.18. The number of anilines is 1. The molecule has 1 aliphatic rings. The third-order valence-corrected chi connectivity index (χ3v) is 3.09. The van der Waals surface area contributed by atoms with Crippen LogP contribution in [-0.2, 0) is 4.84 Å². The average Bonchev–Trinajstić information content (AvgIpc) is 2.77. The fourth-order valence-electron chi connectivity index (χ4n) is 2.05. The molecular formula is C14H19N3O2. The number of carbonyl (C=O) groups excluding carboxylic acids is 1. The summed E-state index contributed by atoms with van der Waals surface area (Å²) in [5, 5.41) is 9.52. The molecule has 1 heterocycles. The number of nitrogens with one attached hydrogen (secondary N) is 2. The Hall–Kier alpha value is -2.04. The molecule has 2 amide bonds. The van der Waals surface area contributed by atoms with E-state index in [2.05, 4.69) is 15.8 Å². The van der Waals surface area contributed by atoms with Crippen molar-refractivity contribution in [1.29, 1.82) is 0 Å². The maximum Gasteiger partial charge on any atom is 0.319 e. The molecule has 5 heteroatoms. The van der Waals surface area contributed by atoms with E-state index in [4.69, 9.17) is 4.84 Å². The topological polar surface area (TPSA) is 62.7 Å². The Kier molecular flexibility index (Phi) is 4.04. The lowest BCUT2D eigenvalue weighted by atomic mass is 10.1. The van der Waals surface area contributed by atoms with E-state index in [9.17, 15) is 4.79 Å². The molecule has 0 radical (unpaired) electrons. The van der Waals surface area contributed by atoms with Gasteiger partial charge in [0.2, 0.25) is 0 Å². The molecule has 1 aromatic carbocycles. The van der Waals surface area contributed by atoms with Crippen LogP contribution in [0.2, 0.25) is 0 Å². The third-order valence-electron chi connectivity index (χ3n) is 3.09. The molecule has 5 nitrogen and oxygen atoms in total. The van der Waals surface area contributed by atoms with E-state index in [1.54, 1.807) is 0 Å². The summed E-state index contributed by atoms with van der Waals surface area (Å²) in [5.41, 5.74) is 3.92. The highest BCUT2D eigenvalue weighted by Crippen LogP contribution is 2.19. The van der Waals surface area contributed by atoms with Gasteiger partial charge in [0, 0.05) is 12.1 Å². The Labute approximate surface area is 113 Å². The number of hydrogen-bond donors (Lipinski definition) is 2. The third kappa shape index (κ3) is 3.47. The van der Waals surface area contributed by atoms with Gasteiger partial charge in [0.25, 0.3) is 0 Å². The molecule has 0 saturated carbocycles. The summed E-state index contributed by atoms with van der Waals surface area (Å²) in [4.78, 5) is 17.0. The summed E-state index contributed by atoms with van der Waals surface area (Å²) in [6, 6.07) is 5.70. The van der Waals surface area contributed by atoms with Crippen LogP contribution in [0.25, 0.3) is 0 Å². The fourth-order valence-corrected chi connectivity index (χ4v) is 2.05. The number of amides is 2. The highest BCUT2D eigenvalue weighted by atomic mass is 16.6. The van der Waals surface area contributed by atoms with Gasteiger partial charge < -0.3 is 15.5 Å². The van der Waals surface area contributed by atoms with Crippen LogP contribution in [0.5, 0.6) is 0 Å². The van der Waals surface area contributed by atoms with Crippen molar-refractivity contribution in [1.82, 2.24) is 5.32 Å². The fraction of sp³-hybridized carbons (Fsp3) is 0.429. The summed E-state index contributed by atoms with van der Waals surface area (Å²) in [6.45, 7) is 6.31. The lowest BCUT2D eigenvalue weighted by molar-refractivity contribution is 0.0870. The Balaban J connectivity index is 1.85. The molecule has 0 saturated heterocycles. The van der Waals surface area contributed by atoms with E-state index < -0.39 is 0 Å². The Bertz CT molecular complexity index is 491. The van der Waals surface area contributed by atoms with E-state index in [1.807, 2.05) is 39.0 Å². The maximum absolute atomic E-state index is 11.8. The first-order valence-electron chi connectivity index (χ1n) is 6.36. The lowest BCUT2D eigenvalue weighted by Gasteiger charge is -2.14. The lowest BCUT2D eigenvalue weighted by Crippen LogP contribution is -2.35. The van der Waals surface area contributed by atoms with E-state index in [-0.39, 0.29) is 12.1 Å². The van der Waals surface area contributed by atoms with Gasteiger partial charge in [-0.25, -0.2) is 4.79 Å². The zero-order valence-electron chi connectivity index (χ0n) is 11.5. The van der Waals surface area contributed by atoms with Crippen molar-refractivity contribution in [3.05, 3.63) is 29.3 Å². The Morgan fingerprint density at radius 3 is 2.63 bits per heavy atom. The first-order chi connectivity index (χ1) is 9.06. The standard InChI is InChI=1S/C14H19N3O2/c1-9-5-4-6-10(2)13(9)16-14(18)15-8-12-7-11(3)17-19-12/h4-6,12H,7-8H2,1-3H3,(H2,15,16,18)/t12-/m0/s1. The van der Waals surface area contributed by atoms with E-state index in [0.29, 0.717) is 6.54 Å². The number of para-hydroxylation sites is 1. The van der Waals surface area contributed by atoms with Crippen molar-refractivity contribution in [3.8, 4) is 0 Å². The predicted octanol–water partition coefficient (Wildman–Crippen LogP) is 2.59. The zero-order chi connectivity index (χ0) is 13.8. The normalized spacial score (nSPS) is 17.6. The smallest absolute Gasteiger partial charge is 0.319 e. The zero-order valence-corrected chi connectivity index (χ0v) is 11.5. The average molecular weight is 261 g/mol. The molecule has 2 N–H and O–H groups in total. The number of aryl methyl sites for hydroxylation is 2. The molecule has 1 aromatic rings. The van der Waals surface area contributed by atoms with Crippen LogP contribution in [-0.4, -0.2) is 24.4 Å². The summed E-state index contributed by atoms with van der Waals surface area (Å²) < 4.78 is 0. The Morgan fingerprint density at radius 1 is 1.37 bits per heavy atom. The summed E-state index contributed by atoms with van der Waals surface area (Å²) in [5.74, 6) is 0. The minimum atomic E-state index is -0.217. The maximum atomic E-state index is 11.8. The monoisotopic (exact) mass is 261 g/mol. The molecule has 0 spiro atoms. The molecule has 0 aliphatic carbocycles. The van der Waals surface area contributed by atoms with Crippen molar-refractivity contribution in [2.75, 3.05) is 11.9 Å². The van der Waals surface area contributed by atoms with Crippen molar-refractivity contribution >= 4 is 17.4 Å². The molecule has 1 atom stereocenters. The van der Waals surface area contributed by atoms with Crippen LogP contribution in [0.3, 0.4) is 0 Å². The number of urea groups is 1. The molecular weight excluding hydrogens is 242 g/mol. The van der Waals surface area contributed by atoms with E-state index in [0.717, 1.165) is 28.9 Å². The number of carbonyl (C=O) groups is 1. The van der Waals surface area contributed by atoms with Crippen LogP contribution in [0.4, 0.5) is 10.5 Å². The van der Waals surface area contributed by atoms with Crippen LogP contribution < -0.4 is 10.6 Å². The van der Waals surface area contributed by atoms with Crippen molar-refractivity contribution in [2.45, 2.75) is 33.3 Å². The van der Waals surface area contributed by atoms with Crippen LogP contribution >= 0.6 is 0 Å². The molecule has 0 bridgehead atoms. The first kappa shape index (κ1) is 13.4. The minimum absolute atomic E-state index is 0.0521. The molecule has 102 valence electrons. The van der Waals surface area contributed by atoms with Gasteiger partial charge in [-0.1, -0.05) is 23.4 Å². The summed E-state index contributed by atoms with van der Waals surface area (Å²) in [6.07, 6.45) is 0.715. The van der Waals surface area contributed by atoms with Crippen LogP contribution in [0.15, 0.2) is 23.4 Å². The van der Waals surface area contributed by atoms with Gasteiger partial charge in [0.1, 0.15) is 6.10 Å². The van der Waals surface area contributed by atoms with Gasteiger partial charge >= 0.3 is 6.03 Å². The quantitative estimate of drug-likeness (QED) is 0.878. The van der Waals surface area contributed by atoms with Gasteiger partial charge in [-0.3, -0.25) is 0 Å². The van der Waals surface area contributed by atoms with Crippen LogP contribution in [0, 0.1) is 13.8 Å². The molecule has 0 aromatic heterocycles. The molecule has 2 rings (SSSR count). The van der Waals surface area contributed by atoms with Crippen molar-refractivity contribution in [2.24, 2.45) is 5.16 Å². The van der Waals surface area contributed by atoms with Gasteiger partial charge in [-0.2, -0.15) is 0 Å². The second kappa shape index (κ2) is 5.73. The minimum Gasteiger partial charge on any atom is -0.390 e. The van der Waals surface area contributed by atoms with Gasteiger partial charge in [0.15, 0.2) is 0 Å². The van der Waals surface area contributed by atoms with Crippen LogP contribution in [0.1, 0.15) is 24.5 Å². The molecule has 1 aliphatic heterocycles. The second-order valence-corrected chi connectivity index (χ2v) is 4.86.